The monoisotopic (exact) mass is 295 g/mol. The molecule has 0 unspecified atom stereocenters. The van der Waals surface area contributed by atoms with Crippen LogP contribution in [0, 0.1) is 0 Å². The van der Waals surface area contributed by atoms with E-state index >= 15 is 0 Å². The molecule has 0 amide bonds. The van der Waals surface area contributed by atoms with Gasteiger partial charge in [0.2, 0.25) is 10.0 Å². The van der Waals surface area contributed by atoms with Crippen molar-refractivity contribution in [2.75, 3.05) is 20.6 Å². The number of hydrogen-bond donors (Lipinski definition) is 1. The summed E-state index contributed by atoms with van der Waals surface area (Å²) in [6.07, 6.45) is 5.41. The Labute approximate surface area is 118 Å². The van der Waals surface area contributed by atoms with E-state index in [0.29, 0.717) is 18.8 Å². The predicted molar refractivity (Wildman–Crippen MR) is 75.0 cm³/mol. The fourth-order valence-electron chi connectivity index (χ4n) is 1.74. The molecule has 2 N–H and O–H groups in total. The lowest BCUT2D eigenvalue weighted by molar-refractivity contribution is 0.520. The molecule has 2 rings (SSSR count). The van der Waals surface area contributed by atoms with Crippen LogP contribution in [0.1, 0.15) is 5.82 Å². The van der Waals surface area contributed by atoms with Crippen LogP contribution >= 0.6 is 0 Å². The van der Waals surface area contributed by atoms with Crippen molar-refractivity contribution >= 4 is 10.0 Å². The van der Waals surface area contributed by atoms with Gasteiger partial charge in [0.25, 0.3) is 0 Å². The van der Waals surface area contributed by atoms with Gasteiger partial charge >= 0.3 is 0 Å². The van der Waals surface area contributed by atoms with Crippen LogP contribution < -0.4 is 5.73 Å². The number of hydrogen-bond acceptors (Lipinski definition) is 5. The standard InChI is InChI=1S/C12H17N5O2S/c1-16(2)20(18,19)10-3-4-11(15-9-10)17-8-7-14-12(17)5-6-13/h3-4,7-9H,5-6,13H2,1-2H3. The summed E-state index contributed by atoms with van der Waals surface area (Å²) < 4.78 is 26.8. The minimum atomic E-state index is -3.46. The summed E-state index contributed by atoms with van der Waals surface area (Å²) in [7, 11) is -0.488. The van der Waals surface area contributed by atoms with Crippen molar-refractivity contribution in [3.8, 4) is 5.82 Å². The van der Waals surface area contributed by atoms with Crippen LogP contribution in [0.2, 0.25) is 0 Å². The Kier molecular flexibility index (Phi) is 4.17. The van der Waals surface area contributed by atoms with E-state index in [4.69, 9.17) is 5.73 Å². The molecule has 2 aromatic rings. The zero-order valence-corrected chi connectivity index (χ0v) is 12.2. The smallest absolute Gasteiger partial charge is 0.244 e. The van der Waals surface area contributed by atoms with Gasteiger partial charge in [0, 0.05) is 39.1 Å². The van der Waals surface area contributed by atoms with Crippen molar-refractivity contribution in [1.82, 2.24) is 18.8 Å². The zero-order chi connectivity index (χ0) is 14.8. The third kappa shape index (κ3) is 2.72. The summed E-state index contributed by atoms with van der Waals surface area (Å²) in [4.78, 5) is 8.55. The minimum absolute atomic E-state index is 0.159. The van der Waals surface area contributed by atoms with Gasteiger partial charge in [-0.1, -0.05) is 0 Å². The average Bonchev–Trinajstić information content (AvgIpc) is 2.87. The van der Waals surface area contributed by atoms with E-state index in [1.807, 2.05) is 0 Å². The second-order valence-corrected chi connectivity index (χ2v) is 6.54. The molecule has 0 saturated heterocycles. The fraction of sp³-hybridized carbons (Fsp3) is 0.333. The van der Waals surface area contributed by atoms with Gasteiger partial charge in [-0.15, -0.1) is 0 Å². The summed E-state index contributed by atoms with van der Waals surface area (Å²) in [5.41, 5.74) is 5.52. The van der Waals surface area contributed by atoms with Gasteiger partial charge in [0.1, 0.15) is 16.5 Å². The van der Waals surface area contributed by atoms with E-state index in [9.17, 15) is 8.42 Å². The number of pyridine rings is 1. The molecular weight excluding hydrogens is 278 g/mol. The summed E-state index contributed by atoms with van der Waals surface area (Å²) >= 11 is 0. The number of nitrogens with two attached hydrogens (primary N) is 1. The second kappa shape index (κ2) is 5.70. The van der Waals surface area contributed by atoms with Gasteiger partial charge in [-0.3, -0.25) is 4.57 Å². The SMILES string of the molecule is CN(C)S(=O)(=O)c1ccc(-n2ccnc2CCN)nc1. The van der Waals surface area contributed by atoms with Crippen molar-refractivity contribution in [3.05, 3.63) is 36.5 Å². The molecule has 108 valence electrons. The van der Waals surface area contributed by atoms with Crippen molar-refractivity contribution < 1.29 is 8.42 Å². The fourth-order valence-corrected chi connectivity index (χ4v) is 2.58. The van der Waals surface area contributed by atoms with Crippen LogP contribution in [0.3, 0.4) is 0 Å². The Bertz CT molecular complexity index is 676. The van der Waals surface area contributed by atoms with Crippen LogP contribution in [0.5, 0.6) is 0 Å². The van der Waals surface area contributed by atoms with Crippen LogP contribution in [0.4, 0.5) is 0 Å². The molecule has 2 aromatic heterocycles. The lowest BCUT2D eigenvalue weighted by Gasteiger charge is -2.12. The number of nitrogens with zero attached hydrogens (tertiary/aromatic N) is 4. The Hall–Kier alpha value is -1.77. The van der Waals surface area contributed by atoms with Gasteiger partial charge < -0.3 is 5.73 Å². The largest absolute Gasteiger partial charge is 0.330 e. The number of aromatic nitrogens is 3. The van der Waals surface area contributed by atoms with Gasteiger partial charge in [-0.25, -0.2) is 22.7 Å². The molecule has 0 aliphatic heterocycles. The summed E-state index contributed by atoms with van der Waals surface area (Å²) in [5.74, 6) is 1.41. The highest BCUT2D eigenvalue weighted by atomic mass is 32.2. The Morgan fingerprint density at radius 3 is 2.60 bits per heavy atom. The molecular formula is C12H17N5O2S. The average molecular weight is 295 g/mol. The first kappa shape index (κ1) is 14.6. The third-order valence-corrected chi connectivity index (χ3v) is 4.63. The quantitative estimate of drug-likeness (QED) is 0.839. The second-order valence-electron chi connectivity index (χ2n) is 4.39. The first-order valence-electron chi connectivity index (χ1n) is 6.08. The maximum Gasteiger partial charge on any atom is 0.244 e. The van der Waals surface area contributed by atoms with E-state index in [1.54, 1.807) is 23.0 Å². The summed E-state index contributed by atoms with van der Waals surface area (Å²) in [6.45, 7) is 0.490. The van der Waals surface area contributed by atoms with Gasteiger partial charge in [-0.05, 0) is 18.7 Å². The molecule has 0 fully saturated rings. The van der Waals surface area contributed by atoms with E-state index in [0.717, 1.165) is 10.1 Å². The van der Waals surface area contributed by atoms with E-state index in [-0.39, 0.29) is 4.90 Å². The first-order chi connectivity index (χ1) is 9.46. The predicted octanol–water partition coefficient (Wildman–Crippen LogP) is 0.0188. The highest BCUT2D eigenvalue weighted by Gasteiger charge is 2.17. The molecule has 0 aromatic carbocycles. The topological polar surface area (TPSA) is 94.1 Å². The highest BCUT2D eigenvalue weighted by Crippen LogP contribution is 2.14. The number of imidazole rings is 1. The molecule has 0 saturated carbocycles. The normalized spacial score (nSPS) is 12.0. The lowest BCUT2D eigenvalue weighted by Crippen LogP contribution is -2.22. The maximum absolute atomic E-state index is 11.9. The first-order valence-corrected chi connectivity index (χ1v) is 7.52. The van der Waals surface area contributed by atoms with E-state index in [2.05, 4.69) is 9.97 Å². The Balaban J connectivity index is 2.36. The molecule has 20 heavy (non-hydrogen) atoms. The lowest BCUT2D eigenvalue weighted by atomic mass is 10.4. The molecule has 7 nitrogen and oxygen atoms in total. The van der Waals surface area contributed by atoms with Gasteiger partial charge in [0.05, 0.1) is 0 Å². The van der Waals surface area contributed by atoms with Crippen LogP contribution in [-0.4, -0.2) is 47.9 Å². The van der Waals surface area contributed by atoms with Crippen molar-refractivity contribution in [2.24, 2.45) is 5.73 Å². The van der Waals surface area contributed by atoms with Crippen molar-refractivity contribution in [2.45, 2.75) is 11.3 Å². The molecule has 2 heterocycles. The summed E-state index contributed by atoms with van der Waals surface area (Å²) in [5, 5.41) is 0. The Morgan fingerprint density at radius 2 is 2.05 bits per heavy atom. The molecule has 0 aliphatic rings. The molecule has 0 atom stereocenters. The van der Waals surface area contributed by atoms with Crippen LogP contribution in [-0.2, 0) is 16.4 Å². The van der Waals surface area contributed by atoms with Crippen LogP contribution in [0.25, 0.3) is 5.82 Å². The molecule has 0 radical (unpaired) electrons. The van der Waals surface area contributed by atoms with E-state index in [1.165, 1.54) is 26.4 Å². The third-order valence-electron chi connectivity index (χ3n) is 2.83. The highest BCUT2D eigenvalue weighted by molar-refractivity contribution is 7.89. The Morgan fingerprint density at radius 1 is 1.30 bits per heavy atom. The van der Waals surface area contributed by atoms with Gasteiger partial charge in [-0.2, -0.15) is 0 Å². The van der Waals surface area contributed by atoms with Crippen molar-refractivity contribution in [3.63, 3.8) is 0 Å². The van der Waals surface area contributed by atoms with E-state index < -0.39 is 10.0 Å². The zero-order valence-electron chi connectivity index (χ0n) is 11.4. The number of rotatable bonds is 5. The molecule has 8 heteroatoms. The van der Waals surface area contributed by atoms with Gasteiger partial charge in [0.15, 0.2) is 0 Å². The maximum atomic E-state index is 11.9. The molecule has 0 spiro atoms. The molecule has 0 aliphatic carbocycles. The summed E-state index contributed by atoms with van der Waals surface area (Å²) in [6, 6.07) is 3.18. The van der Waals surface area contributed by atoms with Crippen LogP contribution in [0.15, 0.2) is 35.6 Å². The van der Waals surface area contributed by atoms with Crippen molar-refractivity contribution in [1.29, 1.82) is 0 Å². The minimum Gasteiger partial charge on any atom is -0.330 e. The molecule has 0 bridgehead atoms. The number of sulfonamides is 1.